The summed E-state index contributed by atoms with van der Waals surface area (Å²) in [6, 6.07) is 22.9. The Labute approximate surface area is 128 Å². The highest BCUT2D eigenvalue weighted by Gasteiger charge is 2.10. The van der Waals surface area contributed by atoms with Crippen molar-refractivity contribution in [2.75, 3.05) is 5.32 Å². The fourth-order valence-electron chi connectivity index (χ4n) is 3.17. The molecule has 0 radical (unpaired) electrons. The fraction of sp³-hybridized carbons (Fsp3) is 0.0500. The number of carbonyl (C=O) groups excluding carboxylic acids is 1. The van der Waals surface area contributed by atoms with Gasteiger partial charge in [-0.3, -0.25) is 4.79 Å². The van der Waals surface area contributed by atoms with Crippen molar-refractivity contribution in [1.82, 2.24) is 0 Å². The van der Waals surface area contributed by atoms with Crippen LogP contribution in [0.2, 0.25) is 0 Å². The van der Waals surface area contributed by atoms with Gasteiger partial charge in [-0.15, -0.1) is 0 Å². The molecule has 0 aliphatic carbocycles. The Morgan fingerprint density at radius 3 is 2.23 bits per heavy atom. The summed E-state index contributed by atoms with van der Waals surface area (Å²) < 4.78 is 0. The van der Waals surface area contributed by atoms with E-state index in [2.05, 4.69) is 53.8 Å². The molecule has 1 amide bonds. The third-order valence-corrected chi connectivity index (χ3v) is 4.06. The van der Waals surface area contributed by atoms with Gasteiger partial charge in [0.2, 0.25) is 5.91 Å². The van der Waals surface area contributed by atoms with Gasteiger partial charge in [0.25, 0.3) is 0 Å². The number of amides is 1. The lowest BCUT2D eigenvalue weighted by molar-refractivity contribution is -0.114. The quantitative estimate of drug-likeness (QED) is 0.484. The molecule has 0 fully saturated rings. The second kappa shape index (κ2) is 4.85. The van der Waals surface area contributed by atoms with Gasteiger partial charge < -0.3 is 5.32 Å². The van der Waals surface area contributed by atoms with Crippen LogP contribution in [0.5, 0.6) is 0 Å². The molecule has 0 bridgehead atoms. The molecular weight excluding hydrogens is 270 g/mol. The molecule has 0 aliphatic heterocycles. The number of carbonyl (C=O) groups is 1. The zero-order valence-electron chi connectivity index (χ0n) is 12.3. The Morgan fingerprint density at radius 1 is 0.773 bits per heavy atom. The van der Waals surface area contributed by atoms with Crippen molar-refractivity contribution >= 4 is 43.9 Å². The number of rotatable bonds is 1. The monoisotopic (exact) mass is 285 g/mol. The van der Waals surface area contributed by atoms with E-state index in [1.54, 1.807) is 6.92 Å². The first-order valence-electron chi connectivity index (χ1n) is 7.35. The Hall–Kier alpha value is -2.87. The van der Waals surface area contributed by atoms with Gasteiger partial charge in [0.05, 0.1) is 0 Å². The molecule has 106 valence electrons. The molecule has 2 nitrogen and oxygen atoms in total. The van der Waals surface area contributed by atoms with Crippen LogP contribution in [0.15, 0.2) is 66.7 Å². The molecule has 0 saturated heterocycles. The van der Waals surface area contributed by atoms with Crippen molar-refractivity contribution in [3.63, 3.8) is 0 Å². The van der Waals surface area contributed by atoms with Gasteiger partial charge in [0.15, 0.2) is 0 Å². The first-order chi connectivity index (χ1) is 10.7. The van der Waals surface area contributed by atoms with Crippen molar-refractivity contribution in [3.8, 4) is 0 Å². The number of anilines is 1. The maximum atomic E-state index is 11.6. The summed E-state index contributed by atoms with van der Waals surface area (Å²) in [5, 5.41) is 9.94. The van der Waals surface area contributed by atoms with Gasteiger partial charge in [0, 0.05) is 18.0 Å². The van der Waals surface area contributed by atoms with E-state index in [1.807, 2.05) is 18.2 Å². The second-order valence-electron chi connectivity index (χ2n) is 5.54. The largest absolute Gasteiger partial charge is 0.326 e. The third kappa shape index (κ3) is 1.92. The average Bonchev–Trinajstić information content (AvgIpc) is 2.54. The topological polar surface area (TPSA) is 29.1 Å². The predicted molar refractivity (Wildman–Crippen MR) is 93.3 cm³/mol. The molecule has 0 atom stereocenters. The Morgan fingerprint density at radius 2 is 1.45 bits per heavy atom. The minimum absolute atomic E-state index is 0.0514. The van der Waals surface area contributed by atoms with Gasteiger partial charge in [-0.2, -0.15) is 0 Å². The summed E-state index contributed by atoms with van der Waals surface area (Å²) in [5.41, 5.74) is 0.873. The van der Waals surface area contributed by atoms with Crippen LogP contribution in [0, 0.1) is 0 Å². The molecule has 22 heavy (non-hydrogen) atoms. The van der Waals surface area contributed by atoms with Crippen LogP contribution < -0.4 is 5.32 Å². The maximum absolute atomic E-state index is 11.6. The van der Waals surface area contributed by atoms with Crippen LogP contribution in [-0.2, 0) is 4.79 Å². The van der Waals surface area contributed by atoms with E-state index in [9.17, 15) is 4.79 Å². The standard InChI is InChI=1S/C20H15NO/c1-13(22)21-19-12-15-7-3-4-8-16(15)18-11-10-14-6-2-5-9-17(14)20(18)19/h2-12H,1H3,(H,21,22). The molecule has 0 aliphatic rings. The lowest BCUT2D eigenvalue weighted by Gasteiger charge is -2.13. The van der Waals surface area contributed by atoms with E-state index in [4.69, 9.17) is 0 Å². The number of nitrogens with one attached hydrogen (secondary N) is 1. The predicted octanol–water partition coefficient (Wildman–Crippen LogP) is 5.10. The lowest BCUT2D eigenvalue weighted by Crippen LogP contribution is -2.06. The molecule has 0 unspecified atom stereocenters. The van der Waals surface area contributed by atoms with Crippen LogP contribution in [0.4, 0.5) is 5.69 Å². The first-order valence-corrected chi connectivity index (χ1v) is 7.35. The van der Waals surface area contributed by atoms with Gasteiger partial charge in [-0.1, -0.05) is 60.7 Å². The number of hydrogen-bond acceptors (Lipinski definition) is 1. The highest BCUT2D eigenvalue weighted by molar-refractivity contribution is 6.23. The van der Waals surface area contributed by atoms with E-state index in [1.165, 1.54) is 16.2 Å². The summed E-state index contributed by atoms with van der Waals surface area (Å²) in [5.74, 6) is -0.0514. The summed E-state index contributed by atoms with van der Waals surface area (Å²) >= 11 is 0. The smallest absolute Gasteiger partial charge is 0.221 e. The molecule has 0 heterocycles. The summed E-state index contributed by atoms with van der Waals surface area (Å²) in [7, 11) is 0. The van der Waals surface area contributed by atoms with Crippen LogP contribution in [0.1, 0.15) is 6.92 Å². The van der Waals surface area contributed by atoms with E-state index >= 15 is 0 Å². The van der Waals surface area contributed by atoms with Gasteiger partial charge in [-0.05, 0) is 33.0 Å². The van der Waals surface area contributed by atoms with E-state index < -0.39 is 0 Å². The van der Waals surface area contributed by atoms with E-state index in [0.29, 0.717) is 0 Å². The zero-order valence-corrected chi connectivity index (χ0v) is 12.3. The molecule has 4 aromatic rings. The fourth-order valence-corrected chi connectivity index (χ4v) is 3.17. The molecule has 4 rings (SSSR count). The normalized spacial score (nSPS) is 11.1. The maximum Gasteiger partial charge on any atom is 0.221 e. The number of hydrogen-bond donors (Lipinski definition) is 1. The molecule has 0 aromatic heterocycles. The summed E-state index contributed by atoms with van der Waals surface area (Å²) in [4.78, 5) is 11.6. The third-order valence-electron chi connectivity index (χ3n) is 4.06. The molecule has 0 saturated carbocycles. The number of benzene rings is 4. The SMILES string of the molecule is CC(=O)Nc1cc2ccccc2c2ccc3ccccc3c12. The Kier molecular flexibility index (Phi) is 2.83. The molecule has 4 aromatic carbocycles. The average molecular weight is 285 g/mol. The Bertz CT molecular complexity index is 1030. The highest BCUT2D eigenvalue weighted by Crippen LogP contribution is 2.36. The minimum Gasteiger partial charge on any atom is -0.326 e. The zero-order chi connectivity index (χ0) is 15.1. The van der Waals surface area contributed by atoms with Crippen LogP contribution in [0.3, 0.4) is 0 Å². The molecule has 2 heteroatoms. The summed E-state index contributed by atoms with van der Waals surface area (Å²) in [6.45, 7) is 1.55. The van der Waals surface area contributed by atoms with Crippen LogP contribution >= 0.6 is 0 Å². The van der Waals surface area contributed by atoms with Gasteiger partial charge in [0.1, 0.15) is 0 Å². The summed E-state index contributed by atoms with van der Waals surface area (Å²) in [6.07, 6.45) is 0. The molecule has 1 N–H and O–H groups in total. The van der Waals surface area contributed by atoms with Gasteiger partial charge >= 0.3 is 0 Å². The minimum atomic E-state index is -0.0514. The van der Waals surface area contributed by atoms with Gasteiger partial charge in [-0.25, -0.2) is 0 Å². The Balaban J connectivity index is 2.25. The van der Waals surface area contributed by atoms with Crippen LogP contribution in [0.25, 0.3) is 32.3 Å². The number of fused-ring (bicyclic) bond motifs is 5. The van der Waals surface area contributed by atoms with Crippen molar-refractivity contribution in [1.29, 1.82) is 0 Å². The van der Waals surface area contributed by atoms with E-state index in [-0.39, 0.29) is 5.91 Å². The van der Waals surface area contributed by atoms with Crippen molar-refractivity contribution < 1.29 is 4.79 Å². The van der Waals surface area contributed by atoms with Crippen molar-refractivity contribution in [3.05, 3.63) is 66.7 Å². The lowest BCUT2D eigenvalue weighted by atomic mass is 9.95. The van der Waals surface area contributed by atoms with Crippen LogP contribution in [-0.4, -0.2) is 5.91 Å². The molecule has 0 spiro atoms. The van der Waals surface area contributed by atoms with Crippen molar-refractivity contribution in [2.24, 2.45) is 0 Å². The second-order valence-corrected chi connectivity index (χ2v) is 5.54. The first kappa shape index (κ1) is 12.8. The molecular formula is C20H15NO. The van der Waals surface area contributed by atoms with E-state index in [0.717, 1.165) is 21.8 Å². The highest BCUT2D eigenvalue weighted by atomic mass is 16.1. The van der Waals surface area contributed by atoms with Crippen molar-refractivity contribution in [2.45, 2.75) is 6.92 Å².